The van der Waals surface area contributed by atoms with Crippen molar-refractivity contribution >= 4 is 9.84 Å². The zero-order chi connectivity index (χ0) is 17.7. The zero-order valence-corrected chi connectivity index (χ0v) is 15.1. The van der Waals surface area contributed by atoms with E-state index in [-0.39, 0.29) is 21.3 Å². The van der Waals surface area contributed by atoms with E-state index in [1.54, 1.807) is 47.6 Å². The summed E-state index contributed by atoms with van der Waals surface area (Å²) < 4.78 is 26.4. The van der Waals surface area contributed by atoms with Gasteiger partial charge in [-0.05, 0) is 81.5 Å². The fraction of sp³-hybridized carbons (Fsp3) is 0.333. The quantitative estimate of drug-likeness (QED) is 0.876. The van der Waals surface area contributed by atoms with E-state index in [1.807, 2.05) is 0 Å². The molecule has 0 radical (unpaired) electrons. The topological polar surface area (TPSA) is 74.6 Å². The summed E-state index contributed by atoms with van der Waals surface area (Å²) in [6.45, 7) is 10.4. The minimum atomic E-state index is -3.86. The van der Waals surface area contributed by atoms with Gasteiger partial charge < -0.3 is 10.2 Å². The lowest BCUT2D eigenvalue weighted by molar-refractivity contribution is 0.466. The number of phenols is 2. The Morgan fingerprint density at radius 3 is 1.78 bits per heavy atom. The van der Waals surface area contributed by atoms with Gasteiger partial charge in [0, 0.05) is 5.56 Å². The highest BCUT2D eigenvalue weighted by molar-refractivity contribution is 7.91. The second-order valence-corrected chi connectivity index (χ2v) is 7.92. The van der Waals surface area contributed by atoms with Gasteiger partial charge in [-0.3, -0.25) is 0 Å². The number of hydrogen-bond donors (Lipinski definition) is 2. The van der Waals surface area contributed by atoms with Gasteiger partial charge in [-0.1, -0.05) is 0 Å². The Morgan fingerprint density at radius 1 is 0.696 bits per heavy atom. The van der Waals surface area contributed by atoms with Crippen LogP contribution in [-0.4, -0.2) is 18.6 Å². The van der Waals surface area contributed by atoms with E-state index in [2.05, 4.69) is 0 Å². The molecule has 4 nitrogen and oxygen atoms in total. The van der Waals surface area contributed by atoms with Crippen LogP contribution in [0.4, 0.5) is 0 Å². The van der Waals surface area contributed by atoms with Crippen molar-refractivity contribution in [2.24, 2.45) is 0 Å². The number of hydrogen-bond acceptors (Lipinski definition) is 4. The molecular weight excluding hydrogens is 312 g/mol. The van der Waals surface area contributed by atoms with Crippen molar-refractivity contribution in [1.29, 1.82) is 0 Å². The highest BCUT2D eigenvalue weighted by Crippen LogP contribution is 2.37. The fourth-order valence-electron chi connectivity index (χ4n) is 2.79. The van der Waals surface area contributed by atoms with Gasteiger partial charge in [0.05, 0.1) is 9.79 Å². The highest BCUT2D eigenvalue weighted by Gasteiger charge is 2.28. The summed E-state index contributed by atoms with van der Waals surface area (Å²) in [5, 5.41) is 20.1. The van der Waals surface area contributed by atoms with Crippen molar-refractivity contribution in [2.75, 3.05) is 0 Å². The summed E-state index contributed by atoms with van der Waals surface area (Å²) in [5.74, 6) is -0.0868. The third kappa shape index (κ3) is 2.59. The lowest BCUT2D eigenvalue weighted by atomic mass is 10.0. The van der Waals surface area contributed by atoms with E-state index in [0.29, 0.717) is 27.8 Å². The fourth-order valence-corrected chi connectivity index (χ4v) is 4.90. The van der Waals surface area contributed by atoms with Gasteiger partial charge >= 0.3 is 0 Å². The minimum absolute atomic E-state index is 0.0427. The number of aryl methyl sites for hydroxylation is 1. The first-order valence-corrected chi connectivity index (χ1v) is 8.83. The van der Waals surface area contributed by atoms with E-state index in [1.165, 1.54) is 6.07 Å². The molecule has 0 amide bonds. The van der Waals surface area contributed by atoms with Crippen LogP contribution in [-0.2, 0) is 9.84 Å². The Morgan fingerprint density at radius 2 is 1.22 bits per heavy atom. The molecule has 0 saturated carbocycles. The van der Waals surface area contributed by atoms with Crippen molar-refractivity contribution < 1.29 is 18.6 Å². The molecule has 0 atom stereocenters. The molecule has 0 aliphatic heterocycles. The van der Waals surface area contributed by atoms with Gasteiger partial charge in [-0.2, -0.15) is 0 Å². The van der Waals surface area contributed by atoms with Crippen LogP contribution in [0.1, 0.15) is 33.4 Å². The van der Waals surface area contributed by atoms with Crippen LogP contribution in [0.25, 0.3) is 0 Å². The van der Waals surface area contributed by atoms with Gasteiger partial charge in [0.25, 0.3) is 0 Å². The first-order valence-electron chi connectivity index (χ1n) is 7.34. The largest absolute Gasteiger partial charge is 0.508 e. The molecule has 0 aromatic heterocycles. The molecule has 2 aromatic carbocycles. The van der Waals surface area contributed by atoms with Gasteiger partial charge in [-0.25, -0.2) is 8.42 Å². The Bertz CT molecular complexity index is 883. The Hall–Kier alpha value is -2.01. The Kier molecular flexibility index (Phi) is 4.20. The summed E-state index contributed by atoms with van der Waals surface area (Å²) in [4.78, 5) is 0.190. The molecule has 0 aliphatic rings. The second kappa shape index (κ2) is 5.57. The number of aromatic hydroxyl groups is 2. The number of sulfone groups is 1. The Labute approximate surface area is 137 Å². The highest BCUT2D eigenvalue weighted by atomic mass is 32.2. The molecule has 2 N–H and O–H groups in total. The summed E-state index contributed by atoms with van der Waals surface area (Å²) in [5.41, 5.74) is 3.66. The summed E-state index contributed by atoms with van der Waals surface area (Å²) in [6, 6.07) is 2.86. The Balaban J connectivity index is 2.91. The molecule has 0 bridgehead atoms. The molecule has 5 heteroatoms. The molecule has 0 aliphatic carbocycles. The van der Waals surface area contributed by atoms with Crippen LogP contribution < -0.4 is 0 Å². The summed E-state index contributed by atoms with van der Waals surface area (Å²) in [7, 11) is -3.86. The monoisotopic (exact) mass is 334 g/mol. The molecule has 23 heavy (non-hydrogen) atoms. The van der Waals surface area contributed by atoms with Crippen molar-refractivity contribution in [1.82, 2.24) is 0 Å². The summed E-state index contributed by atoms with van der Waals surface area (Å²) in [6.07, 6.45) is 0. The molecule has 0 saturated heterocycles. The molecule has 0 spiro atoms. The van der Waals surface area contributed by atoms with Crippen LogP contribution in [0.15, 0.2) is 21.9 Å². The normalized spacial score (nSPS) is 11.7. The van der Waals surface area contributed by atoms with Crippen molar-refractivity contribution in [3.63, 3.8) is 0 Å². The van der Waals surface area contributed by atoms with Crippen LogP contribution in [0.2, 0.25) is 0 Å². The summed E-state index contributed by atoms with van der Waals surface area (Å²) >= 11 is 0. The molecule has 2 rings (SSSR count). The van der Waals surface area contributed by atoms with Crippen LogP contribution >= 0.6 is 0 Å². The van der Waals surface area contributed by atoms with E-state index in [0.717, 1.165) is 5.56 Å². The van der Waals surface area contributed by atoms with Crippen molar-refractivity contribution in [3.8, 4) is 11.5 Å². The third-order valence-electron chi connectivity index (χ3n) is 4.71. The average molecular weight is 334 g/mol. The maximum Gasteiger partial charge on any atom is 0.207 e. The molecule has 0 heterocycles. The minimum Gasteiger partial charge on any atom is -0.508 e. The molecule has 0 unspecified atom stereocenters. The molecule has 124 valence electrons. The van der Waals surface area contributed by atoms with E-state index < -0.39 is 9.84 Å². The second-order valence-electron chi connectivity index (χ2n) is 6.06. The van der Waals surface area contributed by atoms with E-state index in [4.69, 9.17) is 0 Å². The number of benzene rings is 2. The van der Waals surface area contributed by atoms with Crippen molar-refractivity contribution in [3.05, 3.63) is 45.5 Å². The molecular formula is C18H22O4S. The standard InChI is InChI=1S/C18H22O4S/c1-9-7-15(19)14(6)18(10(9)2)23(21,22)17-8-16(20)12(4)11(3)13(17)5/h7-8,19-20H,1-6H3. The number of rotatable bonds is 2. The van der Waals surface area contributed by atoms with Gasteiger partial charge in [0.15, 0.2) is 0 Å². The predicted octanol–water partition coefficient (Wildman–Crippen LogP) is 3.78. The maximum absolute atomic E-state index is 13.2. The third-order valence-corrected chi connectivity index (χ3v) is 6.87. The molecule has 2 aromatic rings. The van der Waals surface area contributed by atoms with Gasteiger partial charge in [0.2, 0.25) is 9.84 Å². The molecule has 0 fully saturated rings. The smallest absolute Gasteiger partial charge is 0.207 e. The lowest BCUT2D eigenvalue weighted by Gasteiger charge is -2.18. The van der Waals surface area contributed by atoms with Crippen molar-refractivity contribution in [2.45, 2.75) is 51.3 Å². The van der Waals surface area contributed by atoms with Crippen LogP contribution in [0, 0.1) is 41.5 Å². The first-order chi connectivity index (χ1) is 10.5. The van der Waals surface area contributed by atoms with Crippen LogP contribution in [0.5, 0.6) is 11.5 Å². The first kappa shape index (κ1) is 17.3. The predicted molar refractivity (Wildman–Crippen MR) is 90.1 cm³/mol. The van der Waals surface area contributed by atoms with E-state index >= 15 is 0 Å². The lowest BCUT2D eigenvalue weighted by Crippen LogP contribution is -2.10. The average Bonchev–Trinajstić information content (AvgIpc) is 2.46. The maximum atomic E-state index is 13.2. The SMILES string of the molecule is Cc1cc(O)c(C)c(S(=O)(=O)c2cc(O)c(C)c(C)c2C)c1C. The van der Waals surface area contributed by atoms with Gasteiger partial charge in [0.1, 0.15) is 11.5 Å². The van der Waals surface area contributed by atoms with Crippen LogP contribution in [0.3, 0.4) is 0 Å². The van der Waals surface area contributed by atoms with E-state index in [9.17, 15) is 18.6 Å². The number of phenolic OH excluding ortho intramolecular Hbond substituents is 2. The zero-order valence-electron chi connectivity index (χ0n) is 14.3. The van der Waals surface area contributed by atoms with Gasteiger partial charge in [-0.15, -0.1) is 0 Å².